The Labute approximate surface area is 263 Å². The Hall–Kier alpha value is -2.76. The molecule has 0 aromatic heterocycles. The van der Waals surface area contributed by atoms with Crippen molar-refractivity contribution in [2.24, 2.45) is 16.9 Å². The van der Waals surface area contributed by atoms with Crippen molar-refractivity contribution in [2.45, 2.75) is 18.4 Å². The van der Waals surface area contributed by atoms with Crippen LogP contribution in [0.5, 0.6) is 5.75 Å². The van der Waals surface area contributed by atoms with E-state index in [2.05, 4.69) is 74.5 Å². The fourth-order valence-electron chi connectivity index (χ4n) is 6.46. The van der Waals surface area contributed by atoms with Gasteiger partial charge >= 0.3 is 0 Å². The Morgan fingerprint density at radius 1 is 0.775 bits per heavy atom. The maximum atomic E-state index is 13.8. The Morgan fingerprint density at radius 2 is 1.25 bits per heavy atom. The summed E-state index contributed by atoms with van der Waals surface area (Å²) in [6.07, 6.45) is 1.59. The van der Waals surface area contributed by atoms with E-state index in [-0.39, 0.29) is 23.7 Å². The lowest BCUT2D eigenvalue weighted by atomic mass is 9.55. The lowest BCUT2D eigenvalue weighted by Gasteiger charge is -2.45. The van der Waals surface area contributed by atoms with E-state index in [9.17, 15) is 9.59 Å². The Kier molecular flexibility index (Phi) is 6.71. The van der Waals surface area contributed by atoms with Gasteiger partial charge < -0.3 is 4.74 Å². The maximum Gasteiger partial charge on any atom is 0.254 e. The standard InChI is InChI=1S/C32H21ClI2N2O3/c33-23-12-6-1-7-18(23)16-40-30-24(34)13-17(14-25(30)35)15-36-37-31(38)28-26-19-8-2-3-9-20(19)27(29(28)32(37)39)22-11-5-4-10-21(22)26/h1-15,26-29H,16H2/b36-15-/t26?,27?,28-,29+. The second-order valence-corrected chi connectivity index (χ2v) is 12.9. The van der Waals surface area contributed by atoms with Gasteiger partial charge in [0.25, 0.3) is 11.8 Å². The summed E-state index contributed by atoms with van der Waals surface area (Å²) in [5, 5.41) is 6.23. The van der Waals surface area contributed by atoms with Gasteiger partial charge in [0.1, 0.15) is 12.4 Å². The van der Waals surface area contributed by atoms with Crippen LogP contribution in [0, 0.1) is 19.0 Å². The second kappa shape index (κ2) is 10.3. The van der Waals surface area contributed by atoms with Crippen molar-refractivity contribution < 1.29 is 14.3 Å². The van der Waals surface area contributed by atoms with Gasteiger partial charge in [0, 0.05) is 22.4 Å². The third kappa shape index (κ3) is 4.11. The van der Waals surface area contributed by atoms with Crippen LogP contribution in [-0.4, -0.2) is 23.0 Å². The molecule has 1 fully saturated rings. The van der Waals surface area contributed by atoms with Gasteiger partial charge in [-0.3, -0.25) is 9.59 Å². The van der Waals surface area contributed by atoms with Gasteiger partial charge in [0.2, 0.25) is 0 Å². The largest absolute Gasteiger partial charge is 0.487 e. The summed E-state index contributed by atoms with van der Waals surface area (Å²) in [5.74, 6) is -0.875. The van der Waals surface area contributed by atoms with Gasteiger partial charge in [0.05, 0.1) is 25.2 Å². The summed E-state index contributed by atoms with van der Waals surface area (Å²) in [6.45, 7) is 0.353. The smallest absolute Gasteiger partial charge is 0.254 e. The first-order chi connectivity index (χ1) is 19.4. The molecule has 40 heavy (non-hydrogen) atoms. The number of carbonyl (C=O) groups is 2. The van der Waals surface area contributed by atoms with Crippen molar-refractivity contribution in [2.75, 3.05) is 0 Å². The van der Waals surface area contributed by atoms with E-state index >= 15 is 0 Å². The SMILES string of the molecule is O=C1[C@@H]2C3c4ccccc4C(c4ccccc43)[C@@H]2C(=O)N1/N=C\c1cc(I)c(OCc2ccccc2Cl)c(I)c1. The van der Waals surface area contributed by atoms with Crippen LogP contribution in [0.15, 0.2) is 90.0 Å². The summed E-state index contributed by atoms with van der Waals surface area (Å²) in [7, 11) is 0. The molecule has 2 atom stereocenters. The van der Waals surface area contributed by atoms with E-state index in [1.807, 2.05) is 60.7 Å². The van der Waals surface area contributed by atoms with Crippen molar-refractivity contribution >= 4 is 74.8 Å². The van der Waals surface area contributed by atoms with Crippen LogP contribution < -0.4 is 4.74 Å². The number of amides is 2. The molecule has 0 N–H and O–H groups in total. The monoisotopic (exact) mass is 770 g/mol. The molecule has 3 aliphatic carbocycles. The van der Waals surface area contributed by atoms with Gasteiger partial charge in [0.15, 0.2) is 0 Å². The predicted molar refractivity (Wildman–Crippen MR) is 171 cm³/mol. The van der Waals surface area contributed by atoms with Crippen LogP contribution in [0.3, 0.4) is 0 Å². The zero-order valence-corrected chi connectivity index (χ0v) is 26.0. The number of halogens is 3. The van der Waals surface area contributed by atoms with E-state index in [0.717, 1.165) is 51.3 Å². The summed E-state index contributed by atoms with van der Waals surface area (Å²) >= 11 is 10.7. The zero-order valence-electron chi connectivity index (χ0n) is 20.9. The number of hydrogen-bond acceptors (Lipinski definition) is 4. The predicted octanol–water partition coefficient (Wildman–Crippen LogP) is 7.35. The highest BCUT2D eigenvalue weighted by atomic mass is 127. The van der Waals surface area contributed by atoms with Crippen molar-refractivity contribution in [3.05, 3.63) is 130 Å². The van der Waals surface area contributed by atoms with E-state index < -0.39 is 11.8 Å². The minimum absolute atomic E-state index is 0.143. The van der Waals surface area contributed by atoms with Gasteiger partial charge in [-0.05, 0) is 91.2 Å². The highest BCUT2D eigenvalue weighted by Gasteiger charge is 2.61. The van der Waals surface area contributed by atoms with Gasteiger partial charge in [-0.25, -0.2) is 0 Å². The van der Waals surface area contributed by atoms with E-state index in [1.54, 1.807) is 6.21 Å². The second-order valence-electron chi connectivity index (χ2n) is 10.2. The number of rotatable bonds is 5. The Morgan fingerprint density at radius 3 is 1.75 bits per heavy atom. The number of ether oxygens (including phenoxy) is 1. The quantitative estimate of drug-likeness (QED) is 0.121. The molecule has 2 bridgehead atoms. The highest BCUT2D eigenvalue weighted by Crippen LogP contribution is 2.61. The van der Waals surface area contributed by atoms with Gasteiger partial charge in [-0.1, -0.05) is 78.3 Å². The minimum atomic E-state index is -0.444. The fraction of sp³-hybridized carbons (Fsp3) is 0.156. The van der Waals surface area contributed by atoms with Crippen molar-refractivity contribution in [1.29, 1.82) is 0 Å². The first-order valence-corrected chi connectivity index (χ1v) is 15.4. The summed E-state index contributed by atoms with van der Waals surface area (Å²) < 4.78 is 7.89. The molecule has 5 nitrogen and oxygen atoms in total. The summed E-state index contributed by atoms with van der Waals surface area (Å²) in [4.78, 5) is 27.5. The zero-order chi connectivity index (χ0) is 27.5. The van der Waals surface area contributed by atoms with Gasteiger partial charge in [-0.15, -0.1) is 0 Å². The fourth-order valence-corrected chi connectivity index (χ4v) is 8.78. The molecule has 8 heteroatoms. The third-order valence-corrected chi connectivity index (χ3v) is 10.1. The van der Waals surface area contributed by atoms with Crippen molar-refractivity contribution in [1.82, 2.24) is 5.01 Å². The maximum absolute atomic E-state index is 13.8. The molecular formula is C32H21ClI2N2O3. The average molecular weight is 771 g/mol. The van der Waals surface area contributed by atoms with Crippen LogP contribution in [0.25, 0.3) is 0 Å². The number of benzene rings is 4. The molecule has 0 saturated carbocycles. The van der Waals surface area contributed by atoms with Crippen LogP contribution in [-0.2, 0) is 16.2 Å². The van der Waals surface area contributed by atoms with E-state index in [1.165, 1.54) is 0 Å². The molecule has 1 saturated heterocycles. The number of imide groups is 1. The van der Waals surface area contributed by atoms with E-state index in [4.69, 9.17) is 16.3 Å². The van der Waals surface area contributed by atoms with E-state index in [0.29, 0.717) is 11.6 Å². The molecule has 0 unspecified atom stereocenters. The highest BCUT2D eigenvalue weighted by molar-refractivity contribution is 14.1. The normalized spacial score (nSPS) is 22.4. The first-order valence-electron chi connectivity index (χ1n) is 12.9. The molecule has 4 aromatic carbocycles. The summed E-state index contributed by atoms with van der Waals surface area (Å²) in [6, 6.07) is 27.9. The lowest BCUT2D eigenvalue weighted by Crippen LogP contribution is -2.41. The number of carbonyl (C=O) groups excluding carboxylic acids is 2. The van der Waals surface area contributed by atoms with Crippen LogP contribution >= 0.6 is 56.8 Å². The number of hydrazone groups is 1. The van der Waals surface area contributed by atoms with Crippen molar-refractivity contribution in [3.63, 3.8) is 0 Å². The molecule has 198 valence electrons. The molecule has 2 amide bonds. The number of nitrogens with zero attached hydrogens (tertiary/aromatic N) is 2. The Balaban J connectivity index is 1.17. The third-order valence-electron chi connectivity index (χ3n) is 8.10. The number of hydrogen-bond donors (Lipinski definition) is 0. The topological polar surface area (TPSA) is 59.0 Å². The Bertz CT molecular complexity index is 1600. The average Bonchev–Trinajstić information content (AvgIpc) is 3.22. The molecular weight excluding hydrogens is 750 g/mol. The minimum Gasteiger partial charge on any atom is -0.487 e. The van der Waals surface area contributed by atoms with Gasteiger partial charge in [-0.2, -0.15) is 10.1 Å². The molecule has 1 aliphatic heterocycles. The van der Waals surface area contributed by atoms with Crippen molar-refractivity contribution in [3.8, 4) is 5.75 Å². The summed E-state index contributed by atoms with van der Waals surface area (Å²) in [5.41, 5.74) is 6.29. The lowest BCUT2D eigenvalue weighted by molar-refractivity contribution is -0.139. The molecule has 4 aromatic rings. The molecule has 8 rings (SSSR count). The molecule has 1 heterocycles. The van der Waals surface area contributed by atoms with Crippen LogP contribution in [0.2, 0.25) is 5.02 Å². The van der Waals surface area contributed by atoms with Crippen LogP contribution in [0.1, 0.15) is 45.2 Å². The molecule has 0 spiro atoms. The molecule has 4 aliphatic rings. The van der Waals surface area contributed by atoms with Crippen LogP contribution in [0.4, 0.5) is 0 Å². The first kappa shape index (κ1) is 26.2. The molecule has 0 radical (unpaired) electrons.